The Morgan fingerprint density at radius 1 is 1.25 bits per heavy atom. The van der Waals surface area contributed by atoms with Crippen molar-refractivity contribution in [2.75, 3.05) is 5.32 Å². The van der Waals surface area contributed by atoms with Crippen LogP contribution in [0.15, 0.2) is 6.33 Å². The Morgan fingerprint density at radius 3 is 2.66 bits per heavy atom. The minimum absolute atomic E-state index is 0.0904. The Bertz CT molecular complexity index is 1070. The average molecular weight is 462 g/mol. The third kappa shape index (κ3) is 4.20. The van der Waals surface area contributed by atoms with Crippen molar-refractivity contribution >= 4 is 34.4 Å². The number of aromatic nitrogens is 4. The number of hydrogen-bond donors (Lipinski definition) is 1. The molecule has 0 amide bonds. The summed E-state index contributed by atoms with van der Waals surface area (Å²) in [5, 5.41) is 3.49. The van der Waals surface area contributed by atoms with Gasteiger partial charge in [-0.1, -0.05) is 26.7 Å². The van der Waals surface area contributed by atoms with Crippen LogP contribution < -0.4 is 5.32 Å². The molecular weight excluding hydrogens is 434 g/mol. The van der Waals surface area contributed by atoms with Crippen LogP contribution in [0.25, 0.3) is 11.2 Å². The van der Waals surface area contributed by atoms with Crippen molar-refractivity contribution in [3.63, 3.8) is 0 Å². The Hall–Kier alpha value is -2.25. The third-order valence-electron chi connectivity index (χ3n) is 5.67. The average Bonchev–Trinajstić information content (AvgIpc) is 3.40. The van der Waals surface area contributed by atoms with E-state index in [0.717, 1.165) is 12.8 Å². The maximum absolute atomic E-state index is 12.7. The molecule has 0 saturated carbocycles. The highest BCUT2D eigenvalue weighted by atomic mass is 35.5. The number of carbonyl (C=O) groups excluding carboxylic acids is 1. The molecule has 1 N–H and O–H groups in total. The van der Waals surface area contributed by atoms with Crippen molar-refractivity contribution < 1.29 is 19.0 Å². The molecule has 0 unspecified atom stereocenters. The Kier molecular flexibility index (Phi) is 6.41. The number of imidazole rings is 1. The van der Waals surface area contributed by atoms with Gasteiger partial charge in [0.15, 0.2) is 35.1 Å². The number of nitrogens with zero attached hydrogens (tertiary/aromatic N) is 4. The summed E-state index contributed by atoms with van der Waals surface area (Å²) in [5.74, 6) is 4.81. The van der Waals surface area contributed by atoms with Crippen LogP contribution in [0, 0.1) is 11.8 Å². The van der Waals surface area contributed by atoms with Gasteiger partial charge in [0.1, 0.15) is 12.2 Å². The lowest BCUT2D eigenvalue weighted by molar-refractivity contribution is -0.195. The van der Waals surface area contributed by atoms with Gasteiger partial charge in [-0.2, -0.15) is 9.97 Å². The number of halogens is 1. The van der Waals surface area contributed by atoms with Crippen LogP contribution in [0.2, 0.25) is 5.28 Å². The highest BCUT2D eigenvalue weighted by Crippen LogP contribution is 2.44. The molecular formula is C22H28ClN5O4. The van der Waals surface area contributed by atoms with E-state index in [9.17, 15) is 4.79 Å². The number of ether oxygens (including phenoxy) is 3. The zero-order valence-electron chi connectivity index (χ0n) is 18.9. The normalized spacial score (nSPS) is 26.2. The number of ketones is 1. The molecule has 0 radical (unpaired) electrons. The fourth-order valence-electron chi connectivity index (χ4n) is 4.12. The topological polar surface area (TPSA) is 100 Å². The molecule has 4 heterocycles. The summed E-state index contributed by atoms with van der Waals surface area (Å²) in [4.78, 5) is 26.0. The van der Waals surface area contributed by atoms with Crippen LogP contribution in [0.1, 0.15) is 60.1 Å². The van der Waals surface area contributed by atoms with E-state index in [1.807, 2.05) is 20.8 Å². The van der Waals surface area contributed by atoms with E-state index in [1.54, 1.807) is 10.9 Å². The number of Topliss-reactive ketones (excluding diaryl/α,β-unsaturated/α-hetero) is 1. The second-order valence-electron chi connectivity index (χ2n) is 8.35. The molecule has 2 saturated heterocycles. The molecule has 2 fully saturated rings. The smallest absolute Gasteiger partial charge is 0.237 e. The molecule has 4 rings (SSSR count). The van der Waals surface area contributed by atoms with E-state index in [4.69, 9.17) is 25.8 Å². The first-order valence-corrected chi connectivity index (χ1v) is 11.4. The number of carbonyl (C=O) groups is 1. The van der Waals surface area contributed by atoms with E-state index in [1.165, 1.54) is 0 Å². The minimum atomic E-state index is -0.872. The summed E-state index contributed by atoms with van der Waals surface area (Å²) in [5.41, 5.74) is 1.06. The lowest BCUT2D eigenvalue weighted by atomic mass is 10.1. The second-order valence-corrected chi connectivity index (χ2v) is 8.69. The van der Waals surface area contributed by atoms with Crippen LogP contribution in [-0.2, 0) is 19.0 Å². The number of hydrogen-bond acceptors (Lipinski definition) is 8. The maximum atomic E-state index is 12.7. The highest BCUT2D eigenvalue weighted by Gasteiger charge is 2.58. The molecule has 2 aromatic heterocycles. The van der Waals surface area contributed by atoms with Crippen molar-refractivity contribution in [1.29, 1.82) is 0 Å². The van der Waals surface area contributed by atoms with E-state index in [0.29, 0.717) is 23.4 Å². The second kappa shape index (κ2) is 8.94. The van der Waals surface area contributed by atoms with Gasteiger partial charge in [0.05, 0.1) is 6.33 Å². The predicted octanol–water partition coefficient (Wildman–Crippen LogP) is 3.48. The summed E-state index contributed by atoms with van der Waals surface area (Å²) < 4.78 is 20.0. The van der Waals surface area contributed by atoms with Crippen molar-refractivity contribution in [2.24, 2.45) is 0 Å². The van der Waals surface area contributed by atoms with Gasteiger partial charge in [-0.3, -0.25) is 9.36 Å². The van der Waals surface area contributed by atoms with E-state index < -0.39 is 30.3 Å². The quantitative estimate of drug-likeness (QED) is 0.396. The number of rotatable bonds is 6. The highest BCUT2D eigenvalue weighted by molar-refractivity contribution is 6.28. The van der Waals surface area contributed by atoms with Crippen molar-refractivity contribution in [2.45, 2.75) is 90.2 Å². The van der Waals surface area contributed by atoms with Gasteiger partial charge in [0, 0.05) is 12.5 Å². The first-order valence-electron chi connectivity index (χ1n) is 11.0. The Labute approximate surface area is 192 Å². The van der Waals surface area contributed by atoms with Crippen LogP contribution in [-0.4, -0.2) is 55.4 Å². The summed E-state index contributed by atoms with van der Waals surface area (Å²) in [6, 6.07) is 0.230. The summed E-state index contributed by atoms with van der Waals surface area (Å²) in [6.45, 7) is 9.71. The Morgan fingerprint density at radius 2 is 1.97 bits per heavy atom. The van der Waals surface area contributed by atoms with Crippen LogP contribution in [0.4, 0.5) is 5.82 Å². The monoisotopic (exact) mass is 461 g/mol. The molecule has 0 aliphatic carbocycles. The molecule has 172 valence electrons. The van der Waals surface area contributed by atoms with E-state index in [-0.39, 0.29) is 17.1 Å². The van der Waals surface area contributed by atoms with Crippen LogP contribution >= 0.6 is 11.6 Å². The van der Waals surface area contributed by atoms with Gasteiger partial charge in [0.2, 0.25) is 11.1 Å². The van der Waals surface area contributed by atoms with Gasteiger partial charge in [-0.15, -0.1) is 0 Å². The number of fused-ring (bicyclic) bond motifs is 2. The molecule has 0 aromatic carbocycles. The largest absolute Gasteiger partial charge is 0.365 e. The number of anilines is 1. The van der Waals surface area contributed by atoms with E-state index >= 15 is 0 Å². The summed E-state index contributed by atoms with van der Waals surface area (Å²) in [7, 11) is 0. The van der Waals surface area contributed by atoms with Crippen molar-refractivity contribution in [1.82, 2.24) is 19.5 Å². The van der Waals surface area contributed by atoms with E-state index in [2.05, 4.69) is 46.0 Å². The fraction of sp³-hybridized carbons (Fsp3) is 0.636. The van der Waals surface area contributed by atoms with Gasteiger partial charge < -0.3 is 19.5 Å². The SMILES string of the molecule is CCC#CC(=O)[C@H]1O[C@@H](n2cnc3c(NC(CC)CC)nc(Cl)nc32)[C@@H]2OC(C)(C)O[C@@H]21. The molecule has 0 bridgehead atoms. The molecule has 9 nitrogen and oxygen atoms in total. The molecule has 32 heavy (non-hydrogen) atoms. The molecule has 0 spiro atoms. The Balaban J connectivity index is 1.73. The molecule has 2 aliphatic rings. The molecule has 4 atom stereocenters. The standard InChI is InChI=1S/C22H28ClN5O4/c1-6-9-10-13(29)15-16-17(32-22(4,5)31-16)20(30-15)28-11-24-14-18(25-12(7-2)8-3)26-21(23)27-19(14)28/h11-12,15-17,20H,6-8H2,1-5H3,(H,25,26,27)/t15-,16-,17-,20-/m1/s1. The van der Waals surface area contributed by atoms with Gasteiger partial charge in [-0.05, 0) is 44.2 Å². The minimum Gasteiger partial charge on any atom is -0.365 e. The summed E-state index contributed by atoms with van der Waals surface area (Å²) >= 11 is 6.25. The lowest BCUT2D eigenvalue weighted by Gasteiger charge is -2.24. The first kappa shape index (κ1) is 22.9. The zero-order chi connectivity index (χ0) is 23.0. The van der Waals surface area contributed by atoms with Gasteiger partial charge in [-0.25, -0.2) is 4.98 Å². The predicted molar refractivity (Wildman–Crippen MR) is 119 cm³/mol. The molecule has 10 heteroatoms. The fourth-order valence-corrected chi connectivity index (χ4v) is 4.29. The lowest BCUT2D eigenvalue weighted by Crippen LogP contribution is -2.35. The first-order chi connectivity index (χ1) is 15.3. The third-order valence-corrected chi connectivity index (χ3v) is 5.84. The van der Waals surface area contributed by atoms with Crippen molar-refractivity contribution in [3.05, 3.63) is 11.6 Å². The van der Waals surface area contributed by atoms with Crippen molar-refractivity contribution in [3.8, 4) is 11.8 Å². The maximum Gasteiger partial charge on any atom is 0.237 e. The van der Waals surface area contributed by atoms with Crippen LogP contribution in [0.5, 0.6) is 0 Å². The number of nitrogens with one attached hydrogen (secondary N) is 1. The van der Waals surface area contributed by atoms with Gasteiger partial charge >= 0.3 is 0 Å². The molecule has 2 aliphatic heterocycles. The molecule has 2 aromatic rings. The summed E-state index contributed by atoms with van der Waals surface area (Å²) in [6.07, 6.45) is 1.35. The van der Waals surface area contributed by atoms with Gasteiger partial charge in [0.25, 0.3) is 0 Å². The van der Waals surface area contributed by atoms with Crippen LogP contribution in [0.3, 0.4) is 0 Å². The zero-order valence-corrected chi connectivity index (χ0v) is 19.6.